The molecule has 0 saturated carbocycles. The SMILES string of the molecule is CC1CCN(c2nccnc2Oc2ccc(C(=O)N3CCN(c4cccc(Cl)c4)CC3)cc2)CC1. The standard InChI is InChI=1S/C27H30ClN5O2/c1-20-9-13-32(14-10-20)25-26(30-12-11-29-25)35-24-7-5-21(6-8-24)27(34)33-17-15-31(16-18-33)23-4-2-3-22(28)19-23/h2-8,11-12,19-20H,9-10,13-18H2,1H3. The molecular formula is C27H30ClN5O2. The molecule has 2 aliphatic heterocycles. The molecule has 0 unspecified atom stereocenters. The Morgan fingerprint density at radius 2 is 1.63 bits per heavy atom. The van der Waals surface area contributed by atoms with Crippen LogP contribution >= 0.6 is 11.6 Å². The molecule has 182 valence electrons. The molecule has 3 heterocycles. The number of benzene rings is 2. The predicted molar refractivity (Wildman–Crippen MR) is 139 cm³/mol. The molecule has 1 aromatic heterocycles. The molecule has 8 heteroatoms. The van der Waals surface area contributed by atoms with E-state index in [0.29, 0.717) is 30.3 Å². The first-order valence-corrected chi connectivity index (χ1v) is 12.6. The molecule has 0 N–H and O–H groups in total. The molecule has 2 fully saturated rings. The Balaban J connectivity index is 1.20. The Labute approximate surface area is 211 Å². The largest absolute Gasteiger partial charge is 0.436 e. The van der Waals surface area contributed by atoms with Crippen molar-refractivity contribution in [1.29, 1.82) is 0 Å². The highest BCUT2D eigenvalue weighted by Crippen LogP contribution is 2.31. The number of amides is 1. The van der Waals surface area contributed by atoms with Crippen LogP contribution in [0.1, 0.15) is 30.1 Å². The number of halogens is 1. The minimum atomic E-state index is 0.0323. The highest BCUT2D eigenvalue weighted by atomic mass is 35.5. The first-order valence-electron chi connectivity index (χ1n) is 12.2. The summed E-state index contributed by atoms with van der Waals surface area (Å²) in [4.78, 5) is 28.4. The Kier molecular flexibility index (Phi) is 7.04. The normalized spacial score (nSPS) is 16.9. The summed E-state index contributed by atoms with van der Waals surface area (Å²) in [6, 6.07) is 15.1. The summed E-state index contributed by atoms with van der Waals surface area (Å²) >= 11 is 6.13. The Morgan fingerprint density at radius 1 is 0.914 bits per heavy atom. The quantitative estimate of drug-likeness (QED) is 0.493. The van der Waals surface area contributed by atoms with Gasteiger partial charge in [-0.3, -0.25) is 4.79 Å². The van der Waals surface area contributed by atoms with Crippen LogP contribution in [0.5, 0.6) is 11.6 Å². The van der Waals surface area contributed by atoms with Gasteiger partial charge in [0.15, 0.2) is 5.82 Å². The van der Waals surface area contributed by atoms with Gasteiger partial charge in [0, 0.05) is 67.9 Å². The number of anilines is 2. The number of carbonyl (C=O) groups excluding carboxylic acids is 1. The molecule has 0 atom stereocenters. The maximum atomic E-state index is 13.1. The van der Waals surface area contributed by atoms with Crippen molar-refractivity contribution in [3.8, 4) is 11.6 Å². The van der Waals surface area contributed by atoms with Crippen molar-refractivity contribution in [3.05, 3.63) is 71.5 Å². The number of ether oxygens (including phenoxy) is 1. The second-order valence-electron chi connectivity index (χ2n) is 9.24. The van der Waals surface area contributed by atoms with Gasteiger partial charge in [0.25, 0.3) is 11.8 Å². The molecule has 2 saturated heterocycles. The second-order valence-corrected chi connectivity index (χ2v) is 9.68. The Morgan fingerprint density at radius 3 is 2.34 bits per heavy atom. The molecule has 0 radical (unpaired) electrons. The molecule has 1 amide bonds. The van der Waals surface area contributed by atoms with Crippen molar-refractivity contribution in [3.63, 3.8) is 0 Å². The number of hydrogen-bond donors (Lipinski definition) is 0. The number of aromatic nitrogens is 2. The lowest BCUT2D eigenvalue weighted by Gasteiger charge is -2.36. The summed E-state index contributed by atoms with van der Waals surface area (Å²) in [6.45, 7) is 7.08. The van der Waals surface area contributed by atoms with Crippen LogP contribution in [-0.2, 0) is 0 Å². The van der Waals surface area contributed by atoms with E-state index in [9.17, 15) is 4.79 Å². The number of rotatable bonds is 5. The van der Waals surface area contributed by atoms with Crippen LogP contribution < -0.4 is 14.5 Å². The lowest BCUT2D eigenvalue weighted by Crippen LogP contribution is -2.48. The van der Waals surface area contributed by atoms with Crippen molar-refractivity contribution >= 4 is 29.0 Å². The van der Waals surface area contributed by atoms with Gasteiger partial charge >= 0.3 is 0 Å². The zero-order valence-corrected chi connectivity index (χ0v) is 20.7. The Bertz CT molecular complexity index is 1160. The van der Waals surface area contributed by atoms with E-state index >= 15 is 0 Å². The minimum absolute atomic E-state index is 0.0323. The van der Waals surface area contributed by atoms with E-state index in [4.69, 9.17) is 16.3 Å². The zero-order chi connectivity index (χ0) is 24.2. The van der Waals surface area contributed by atoms with Gasteiger partial charge in [-0.15, -0.1) is 0 Å². The van der Waals surface area contributed by atoms with E-state index in [1.54, 1.807) is 12.4 Å². The van der Waals surface area contributed by atoms with E-state index in [1.165, 1.54) is 0 Å². The van der Waals surface area contributed by atoms with Crippen LogP contribution in [0, 0.1) is 5.92 Å². The molecule has 3 aromatic rings. The molecule has 0 bridgehead atoms. The lowest BCUT2D eigenvalue weighted by molar-refractivity contribution is 0.0747. The third kappa shape index (κ3) is 5.51. The molecule has 0 aliphatic carbocycles. The van der Waals surface area contributed by atoms with Crippen molar-refractivity contribution in [2.75, 3.05) is 49.1 Å². The fraction of sp³-hybridized carbons (Fsp3) is 0.370. The lowest BCUT2D eigenvalue weighted by atomic mass is 9.99. The first-order chi connectivity index (χ1) is 17.1. The second kappa shape index (κ2) is 10.5. The van der Waals surface area contributed by atoms with Crippen LogP contribution in [0.4, 0.5) is 11.5 Å². The van der Waals surface area contributed by atoms with Gasteiger partial charge in [-0.25, -0.2) is 9.97 Å². The highest BCUT2D eigenvalue weighted by Gasteiger charge is 2.23. The van der Waals surface area contributed by atoms with Crippen molar-refractivity contribution in [2.24, 2.45) is 5.92 Å². The fourth-order valence-electron chi connectivity index (χ4n) is 4.63. The van der Waals surface area contributed by atoms with E-state index < -0.39 is 0 Å². The van der Waals surface area contributed by atoms with Crippen molar-refractivity contribution in [2.45, 2.75) is 19.8 Å². The van der Waals surface area contributed by atoms with Gasteiger partial charge in [0.05, 0.1) is 0 Å². The van der Waals surface area contributed by atoms with Gasteiger partial charge in [-0.05, 0) is 61.2 Å². The zero-order valence-electron chi connectivity index (χ0n) is 19.9. The number of piperazine rings is 1. The molecular weight excluding hydrogens is 462 g/mol. The average Bonchev–Trinajstić information content (AvgIpc) is 2.90. The Hall–Kier alpha value is -3.32. The third-order valence-electron chi connectivity index (χ3n) is 6.79. The average molecular weight is 492 g/mol. The smallest absolute Gasteiger partial charge is 0.263 e. The van der Waals surface area contributed by atoms with Gasteiger partial charge in [-0.2, -0.15) is 0 Å². The van der Waals surface area contributed by atoms with Crippen LogP contribution in [-0.4, -0.2) is 60.0 Å². The van der Waals surface area contributed by atoms with E-state index in [0.717, 1.165) is 61.5 Å². The maximum absolute atomic E-state index is 13.1. The minimum Gasteiger partial charge on any atom is -0.436 e. The molecule has 35 heavy (non-hydrogen) atoms. The number of hydrogen-bond acceptors (Lipinski definition) is 6. The third-order valence-corrected chi connectivity index (χ3v) is 7.02. The first kappa shape index (κ1) is 23.4. The molecule has 7 nitrogen and oxygen atoms in total. The van der Waals surface area contributed by atoms with Crippen molar-refractivity contribution < 1.29 is 9.53 Å². The molecule has 2 aliphatic rings. The monoisotopic (exact) mass is 491 g/mol. The van der Waals surface area contributed by atoms with Gasteiger partial charge in [-0.1, -0.05) is 24.6 Å². The van der Waals surface area contributed by atoms with E-state index in [1.807, 2.05) is 47.4 Å². The summed E-state index contributed by atoms with van der Waals surface area (Å²) in [5.74, 6) is 2.68. The summed E-state index contributed by atoms with van der Waals surface area (Å²) < 4.78 is 6.08. The van der Waals surface area contributed by atoms with Crippen LogP contribution in [0.25, 0.3) is 0 Å². The number of piperidine rings is 1. The number of carbonyl (C=O) groups is 1. The predicted octanol–water partition coefficient (Wildman–Crippen LogP) is 5.12. The van der Waals surface area contributed by atoms with Crippen molar-refractivity contribution in [1.82, 2.24) is 14.9 Å². The van der Waals surface area contributed by atoms with E-state index in [-0.39, 0.29) is 5.91 Å². The topological polar surface area (TPSA) is 61.8 Å². The van der Waals surface area contributed by atoms with Gasteiger partial charge < -0.3 is 19.4 Å². The summed E-state index contributed by atoms with van der Waals surface area (Å²) in [5.41, 5.74) is 1.74. The van der Waals surface area contributed by atoms with Gasteiger partial charge in [0.2, 0.25) is 0 Å². The summed E-state index contributed by atoms with van der Waals surface area (Å²) in [7, 11) is 0. The van der Waals surface area contributed by atoms with Gasteiger partial charge in [0.1, 0.15) is 5.75 Å². The van der Waals surface area contributed by atoms with Crippen LogP contribution in [0.15, 0.2) is 60.9 Å². The van der Waals surface area contributed by atoms with Crippen LogP contribution in [0.2, 0.25) is 5.02 Å². The highest BCUT2D eigenvalue weighted by molar-refractivity contribution is 6.30. The van der Waals surface area contributed by atoms with Crippen LogP contribution in [0.3, 0.4) is 0 Å². The van der Waals surface area contributed by atoms with E-state index in [2.05, 4.69) is 32.8 Å². The summed E-state index contributed by atoms with van der Waals surface area (Å²) in [6.07, 6.45) is 5.63. The number of nitrogens with zero attached hydrogens (tertiary/aromatic N) is 5. The maximum Gasteiger partial charge on any atom is 0.263 e. The fourth-order valence-corrected chi connectivity index (χ4v) is 4.81. The molecule has 5 rings (SSSR count). The molecule has 0 spiro atoms. The molecule has 2 aromatic carbocycles. The summed E-state index contributed by atoms with van der Waals surface area (Å²) in [5, 5.41) is 0.724.